The molecule has 0 radical (unpaired) electrons. The van der Waals surface area contributed by atoms with E-state index in [4.69, 9.17) is 4.74 Å². The summed E-state index contributed by atoms with van der Waals surface area (Å²) in [5, 5.41) is 0. The van der Waals surface area contributed by atoms with E-state index in [1.54, 1.807) is 4.90 Å². The van der Waals surface area contributed by atoms with E-state index < -0.39 is 0 Å². The molecule has 0 bridgehead atoms. The lowest BCUT2D eigenvalue weighted by Crippen LogP contribution is -2.71. The van der Waals surface area contributed by atoms with E-state index in [-0.39, 0.29) is 11.4 Å². The highest BCUT2D eigenvalue weighted by molar-refractivity contribution is 5.81. The third-order valence-corrected chi connectivity index (χ3v) is 3.14. The van der Waals surface area contributed by atoms with Crippen molar-refractivity contribution in [3.05, 3.63) is 12.3 Å². The van der Waals surface area contributed by atoms with Gasteiger partial charge in [0.15, 0.2) is 0 Å². The molecule has 78 valence electrons. The fraction of sp³-hybridized carbons (Fsp3) is 0.700. The van der Waals surface area contributed by atoms with E-state index in [9.17, 15) is 4.79 Å². The summed E-state index contributed by atoms with van der Waals surface area (Å²) >= 11 is 0. The van der Waals surface area contributed by atoms with Gasteiger partial charge in [-0.15, -0.1) is 0 Å². The van der Waals surface area contributed by atoms with Crippen molar-refractivity contribution in [3.63, 3.8) is 0 Å². The largest absolute Gasteiger partial charge is 0.377 e. The molecule has 2 fully saturated rings. The summed E-state index contributed by atoms with van der Waals surface area (Å²) in [4.78, 5) is 15.5. The molecule has 2 saturated heterocycles. The van der Waals surface area contributed by atoms with Crippen LogP contribution in [0.25, 0.3) is 0 Å². The molecule has 2 aliphatic rings. The normalized spacial score (nSPS) is 26.4. The lowest BCUT2D eigenvalue weighted by molar-refractivity contribution is -0.173. The highest BCUT2D eigenvalue weighted by atomic mass is 16.5. The van der Waals surface area contributed by atoms with Gasteiger partial charge >= 0.3 is 0 Å². The molecule has 0 saturated carbocycles. The Balaban J connectivity index is 2.16. The fourth-order valence-electron chi connectivity index (χ4n) is 1.96. The van der Waals surface area contributed by atoms with Gasteiger partial charge in [0.25, 0.3) is 0 Å². The number of nitrogens with zero attached hydrogens (tertiary/aromatic N) is 2. The fourth-order valence-corrected chi connectivity index (χ4v) is 1.96. The Morgan fingerprint density at radius 2 is 2.21 bits per heavy atom. The molecule has 4 nitrogen and oxygen atoms in total. The van der Waals surface area contributed by atoms with Crippen molar-refractivity contribution >= 4 is 5.91 Å². The second-order valence-electron chi connectivity index (χ2n) is 4.29. The van der Waals surface area contributed by atoms with E-state index >= 15 is 0 Å². The van der Waals surface area contributed by atoms with Crippen molar-refractivity contribution in [2.45, 2.75) is 12.5 Å². The molecule has 0 aliphatic carbocycles. The number of allylic oxidation sites excluding steroid dienone is 1. The molecule has 2 aliphatic heterocycles. The van der Waals surface area contributed by atoms with Crippen molar-refractivity contribution < 1.29 is 9.53 Å². The number of likely N-dealkylation sites (N-methyl/N-ethyl adjacent to an activating group) is 1. The monoisotopic (exact) mass is 196 g/mol. The number of ether oxygens (including phenoxy) is 1. The smallest absolute Gasteiger partial charge is 0.240 e. The maximum atomic E-state index is 11.7. The summed E-state index contributed by atoms with van der Waals surface area (Å²) in [5.41, 5.74) is 0.877. The first kappa shape index (κ1) is 9.68. The number of rotatable bonds is 1. The van der Waals surface area contributed by atoms with Gasteiger partial charge in [0.1, 0.15) is 0 Å². The van der Waals surface area contributed by atoms with Gasteiger partial charge < -0.3 is 9.64 Å². The van der Waals surface area contributed by atoms with E-state index in [0.717, 1.165) is 25.5 Å². The second-order valence-corrected chi connectivity index (χ2v) is 4.29. The predicted molar refractivity (Wildman–Crippen MR) is 52.7 cm³/mol. The first-order valence-electron chi connectivity index (χ1n) is 4.80. The molecule has 4 heteroatoms. The maximum absolute atomic E-state index is 11.7. The molecule has 2 rings (SSSR count). The molecule has 1 spiro atoms. The Bertz CT molecular complexity index is 284. The van der Waals surface area contributed by atoms with E-state index in [0.29, 0.717) is 6.54 Å². The van der Waals surface area contributed by atoms with E-state index in [1.807, 2.05) is 14.0 Å². The minimum atomic E-state index is 0.0485. The van der Waals surface area contributed by atoms with Gasteiger partial charge in [-0.3, -0.25) is 9.69 Å². The minimum Gasteiger partial charge on any atom is -0.377 e. The number of hydrogen-bond acceptors (Lipinski definition) is 3. The molecule has 0 aromatic carbocycles. The zero-order valence-corrected chi connectivity index (χ0v) is 8.75. The Morgan fingerprint density at radius 1 is 1.57 bits per heavy atom. The second kappa shape index (κ2) is 3.07. The van der Waals surface area contributed by atoms with Crippen LogP contribution in [-0.2, 0) is 9.53 Å². The molecular weight excluding hydrogens is 180 g/mol. The van der Waals surface area contributed by atoms with Crippen LogP contribution >= 0.6 is 0 Å². The van der Waals surface area contributed by atoms with Gasteiger partial charge in [0.2, 0.25) is 5.91 Å². The number of carbonyl (C=O) groups is 1. The third-order valence-electron chi connectivity index (χ3n) is 3.14. The Kier molecular flexibility index (Phi) is 2.12. The van der Waals surface area contributed by atoms with Gasteiger partial charge in [0.05, 0.1) is 25.3 Å². The van der Waals surface area contributed by atoms with Crippen LogP contribution < -0.4 is 0 Å². The van der Waals surface area contributed by atoms with Crippen LogP contribution in [0, 0.1) is 0 Å². The standard InChI is InChI=1S/C10H16N2O2/c1-8(2)12-5-10(6-14-7-10)11(3)4-9(12)13/h1,4-7H2,2-3H3. The van der Waals surface area contributed by atoms with Gasteiger partial charge in [-0.2, -0.15) is 0 Å². The summed E-state index contributed by atoms with van der Waals surface area (Å²) in [5.74, 6) is 0.137. The van der Waals surface area contributed by atoms with Crippen LogP contribution in [0.5, 0.6) is 0 Å². The summed E-state index contributed by atoms with van der Waals surface area (Å²) in [7, 11) is 1.98. The molecule has 0 unspecified atom stereocenters. The molecule has 2 heterocycles. The minimum absolute atomic E-state index is 0.0485. The van der Waals surface area contributed by atoms with Gasteiger partial charge in [-0.1, -0.05) is 6.58 Å². The molecule has 0 aromatic heterocycles. The first-order chi connectivity index (χ1) is 6.55. The van der Waals surface area contributed by atoms with Crippen LogP contribution in [0.2, 0.25) is 0 Å². The lowest BCUT2D eigenvalue weighted by atomic mass is 9.92. The Hall–Kier alpha value is -0.870. The predicted octanol–water partition coefficient (Wildman–Crippen LogP) is 0.0630. The maximum Gasteiger partial charge on any atom is 0.240 e. The average molecular weight is 196 g/mol. The zero-order chi connectivity index (χ0) is 10.3. The quantitative estimate of drug-likeness (QED) is 0.594. The van der Waals surface area contributed by atoms with Crippen LogP contribution in [0.4, 0.5) is 0 Å². The van der Waals surface area contributed by atoms with Crippen LogP contribution in [0.1, 0.15) is 6.92 Å². The number of amides is 1. The number of hydrogen-bond donors (Lipinski definition) is 0. The summed E-state index contributed by atoms with van der Waals surface area (Å²) in [6, 6.07) is 0. The topological polar surface area (TPSA) is 32.8 Å². The summed E-state index contributed by atoms with van der Waals surface area (Å²) in [6.45, 7) is 8.33. The molecule has 1 amide bonds. The van der Waals surface area contributed by atoms with Crippen LogP contribution in [0.3, 0.4) is 0 Å². The Morgan fingerprint density at radius 3 is 2.64 bits per heavy atom. The lowest BCUT2D eigenvalue weighted by Gasteiger charge is -2.53. The van der Waals surface area contributed by atoms with Crippen molar-refractivity contribution in [1.82, 2.24) is 9.80 Å². The van der Waals surface area contributed by atoms with Crippen molar-refractivity contribution in [3.8, 4) is 0 Å². The highest BCUT2D eigenvalue weighted by Gasteiger charge is 2.48. The van der Waals surface area contributed by atoms with Crippen molar-refractivity contribution in [1.29, 1.82) is 0 Å². The SMILES string of the molecule is C=C(C)N1CC2(COC2)N(C)CC1=O. The Labute approximate surface area is 84.1 Å². The van der Waals surface area contributed by atoms with Crippen LogP contribution in [0.15, 0.2) is 12.3 Å². The molecule has 0 N–H and O–H groups in total. The van der Waals surface area contributed by atoms with Gasteiger partial charge in [0, 0.05) is 12.2 Å². The number of carbonyl (C=O) groups excluding carboxylic acids is 1. The van der Waals surface area contributed by atoms with Gasteiger partial charge in [-0.25, -0.2) is 0 Å². The molecule has 0 atom stereocenters. The first-order valence-corrected chi connectivity index (χ1v) is 4.80. The summed E-state index contributed by atoms with van der Waals surface area (Å²) < 4.78 is 5.24. The molecule has 0 aromatic rings. The average Bonchev–Trinajstić information content (AvgIpc) is 2.00. The zero-order valence-electron chi connectivity index (χ0n) is 8.75. The van der Waals surface area contributed by atoms with Crippen molar-refractivity contribution in [2.75, 3.05) is 33.4 Å². The number of piperazine rings is 1. The molecular formula is C10H16N2O2. The molecule has 14 heavy (non-hydrogen) atoms. The summed E-state index contributed by atoms with van der Waals surface area (Å²) in [6.07, 6.45) is 0. The van der Waals surface area contributed by atoms with Crippen LogP contribution in [-0.4, -0.2) is 54.6 Å². The van der Waals surface area contributed by atoms with E-state index in [2.05, 4.69) is 11.5 Å². The highest BCUT2D eigenvalue weighted by Crippen LogP contribution is 2.29. The van der Waals surface area contributed by atoms with Gasteiger partial charge in [-0.05, 0) is 14.0 Å². The van der Waals surface area contributed by atoms with E-state index in [1.165, 1.54) is 0 Å². The van der Waals surface area contributed by atoms with Crippen molar-refractivity contribution in [2.24, 2.45) is 0 Å². The third kappa shape index (κ3) is 1.26.